The molecule has 1 aliphatic rings. The van der Waals surface area contributed by atoms with Crippen LogP contribution in [0, 0.1) is 11.2 Å². The number of rotatable bonds is 10. The maximum absolute atomic E-state index is 13.0. The van der Waals surface area contributed by atoms with Gasteiger partial charge in [0, 0.05) is 39.1 Å². The van der Waals surface area contributed by atoms with Crippen LogP contribution in [0.1, 0.15) is 38.2 Å². The second-order valence-electron chi connectivity index (χ2n) is 7.70. The Balaban J connectivity index is 1.59. The van der Waals surface area contributed by atoms with Crippen LogP contribution in [0.5, 0.6) is 11.6 Å². The highest BCUT2D eigenvalue weighted by atomic mass is 19.1. The van der Waals surface area contributed by atoms with Gasteiger partial charge in [-0.25, -0.2) is 14.4 Å². The summed E-state index contributed by atoms with van der Waals surface area (Å²) in [5, 5.41) is 6.82. The van der Waals surface area contributed by atoms with Crippen molar-refractivity contribution in [2.75, 3.05) is 26.8 Å². The molecule has 0 atom stereocenters. The highest BCUT2D eigenvalue weighted by molar-refractivity contribution is 5.79. The fraction of sp³-hybridized carbons (Fsp3) is 0.478. The van der Waals surface area contributed by atoms with Crippen LogP contribution in [-0.4, -0.2) is 37.7 Å². The standard InChI is InChI=1S/C23H31FN4O2/c1-3-25-22(28-17-23(10-4-11-23)12-14-29-2)27-16-18-9-13-26-21(15-18)30-20-7-5-19(24)6-8-20/h5-9,13,15H,3-4,10-12,14,16-17H2,1-2H3,(H2,25,27,28). The van der Waals surface area contributed by atoms with E-state index in [9.17, 15) is 4.39 Å². The molecule has 162 valence electrons. The number of hydrogen-bond donors (Lipinski definition) is 2. The number of halogens is 1. The zero-order valence-electron chi connectivity index (χ0n) is 17.8. The third-order valence-corrected chi connectivity index (χ3v) is 5.48. The second kappa shape index (κ2) is 10.9. The number of benzene rings is 1. The minimum absolute atomic E-state index is 0.298. The smallest absolute Gasteiger partial charge is 0.219 e. The molecule has 1 heterocycles. The number of methoxy groups -OCH3 is 1. The minimum atomic E-state index is -0.298. The molecule has 0 radical (unpaired) electrons. The third-order valence-electron chi connectivity index (χ3n) is 5.48. The van der Waals surface area contributed by atoms with Gasteiger partial charge in [0.25, 0.3) is 0 Å². The second-order valence-corrected chi connectivity index (χ2v) is 7.70. The Kier molecular flexibility index (Phi) is 8.02. The molecule has 7 heteroatoms. The molecule has 3 rings (SSSR count). The number of aliphatic imine (C=N–C) groups is 1. The van der Waals surface area contributed by atoms with Gasteiger partial charge in [-0.05, 0) is 67.5 Å². The largest absolute Gasteiger partial charge is 0.439 e. The Morgan fingerprint density at radius 1 is 1.20 bits per heavy atom. The van der Waals surface area contributed by atoms with Gasteiger partial charge in [-0.15, -0.1) is 0 Å². The molecule has 1 saturated carbocycles. The van der Waals surface area contributed by atoms with Crippen molar-refractivity contribution in [1.82, 2.24) is 15.6 Å². The number of aromatic nitrogens is 1. The van der Waals surface area contributed by atoms with E-state index >= 15 is 0 Å². The number of nitrogens with zero attached hydrogens (tertiary/aromatic N) is 2. The van der Waals surface area contributed by atoms with Crippen molar-refractivity contribution < 1.29 is 13.9 Å². The normalized spacial score (nSPS) is 15.4. The molecule has 0 spiro atoms. The van der Waals surface area contributed by atoms with Crippen LogP contribution in [0.3, 0.4) is 0 Å². The van der Waals surface area contributed by atoms with Crippen molar-refractivity contribution in [3.8, 4) is 11.6 Å². The maximum atomic E-state index is 13.0. The summed E-state index contributed by atoms with van der Waals surface area (Å²) < 4.78 is 24.0. The van der Waals surface area contributed by atoms with E-state index in [1.165, 1.54) is 31.4 Å². The van der Waals surface area contributed by atoms with Gasteiger partial charge in [0.05, 0.1) is 6.54 Å². The lowest BCUT2D eigenvalue weighted by atomic mass is 9.67. The maximum Gasteiger partial charge on any atom is 0.219 e. The summed E-state index contributed by atoms with van der Waals surface area (Å²) in [6.07, 6.45) is 6.52. The van der Waals surface area contributed by atoms with Gasteiger partial charge in [-0.2, -0.15) is 0 Å². The van der Waals surface area contributed by atoms with Gasteiger partial charge in [0.2, 0.25) is 5.88 Å². The fourth-order valence-electron chi connectivity index (χ4n) is 3.52. The van der Waals surface area contributed by atoms with E-state index in [0.717, 1.165) is 37.6 Å². The highest BCUT2D eigenvalue weighted by Crippen LogP contribution is 2.43. The average Bonchev–Trinajstić information content (AvgIpc) is 2.73. The summed E-state index contributed by atoms with van der Waals surface area (Å²) in [6.45, 7) is 5.05. The molecule has 1 aliphatic carbocycles. The number of ether oxygens (including phenoxy) is 2. The van der Waals surface area contributed by atoms with Crippen molar-refractivity contribution in [3.05, 3.63) is 54.0 Å². The molecule has 0 aliphatic heterocycles. The van der Waals surface area contributed by atoms with E-state index < -0.39 is 0 Å². The monoisotopic (exact) mass is 414 g/mol. The van der Waals surface area contributed by atoms with Gasteiger partial charge in [-0.1, -0.05) is 6.42 Å². The summed E-state index contributed by atoms with van der Waals surface area (Å²) in [5.41, 5.74) is 1.30. The molecule has 0 unspecified atom stereocenters. The van der Waals surface area contributed by atoms with Gasteiger partial charge < -0.3 is 20.1 Å². The first kappa shape index (κ1) is 22.0. The van der Waals surface area contributed by atoms with Crippen LogP contribution < -0.4 is 15.4 Å². The minimum Gasteiger partial charge on any atom is -0.439 e. The van der Waals surface area contributed by atoms with Crippen LogP contribution >= 0.6 is 0 Å². The topological polar surface area (TPSA) is 67.8 Å². The molecular weight excluding hydrogens is 383 g/mol. The molecule has 6 nitrogen and oxygen atoms in total. The van der Waals surface area contributed by atoms with Crippen LogP contribution in [0.2, 0.25) is 0 Å². The molecule has 0 amide bonds. The molecule has 2 N–H and O–H groups in total. The summed E-state index contributed by atoms with van der Waals surface area (Å²) in [5.74, 6) is 1.51. The summed E-state index contributed by atoms with van der Waals surface area (Å²) >= 11 is 0. The van der Waals surface area contributed by atoms with E-state index in [1.807, 2.05) is 12.1 Å². The van der Waals surface area contributed by atoms with E-state index in [0.29, 0.717) is 23.6 Å². The third kappa shape index (κ3) is 6.42. The Hall–Kier alpha value is -2.67. The van der Waals surface area contributed by atoms with Crippen LogP contribution in [0.15, 0.2) is 47.6 Å². The van der Waals surface area contributed by atoms with Crippen molar-refractivity contribution in [3.63, 3.8) is 0 Å². The summed E-state index contributed by atoms with van der Waals surface area (Å²) in [4.78, 5) is 8.94. The molecule has 1 fully saturated rings. The molecule has 1 aromatic heterocycles. The molecule has 2 aromatic rings. The van der Waals surface area contributed by atoms with E-state index in [2.05, 4.69) is 22.5 Å². The van der Waals surface area contributed by atoms with Crippen LogP contribution in [0.4, 0.5) is 4.39 Å². The van der Waals surface area contributed by atoms with Gasteiger partial charge in [0.15, 0.2) is 5.96 Å². The Bertz CT molecular complexity index is 822. The summed E-state index contributed by atoms with van der Waals surface area (Å²) in [7, 11) is 1.76. The van der Waals surface area contributed by atoms with Crippen molar-refractivity contribution in [1.29, 1.82) is 0 Å². The fourth-order valence-corrected chi connectivity index (χ4v) is 3.52. The SMILES string of the molecule is CCNC(=NCc1ccnc(Oc2ccc(F)cc2)c1)NCC1(CCOC)CCC1. The first-order chi connectivity index (χ1) is 14.6. The lowest BCUT2D eigenvalue weighted by Gasteiger charge is -2.42. The zero-order valence-corrected chi connectivity index (χ0v) is 17.8. The van der Waals surface area contributed by atoms with Gasteiger partial charge in [0.1, 0.15) is 11.6 Å². The van der Waals surface area contributed by atoms with E-state index in [1.54, 1.807) is 25.4 Å². The Morgan fingerprint density at radius 2 is 2.00 bits per heavy atom. The molecule has 0 saturated heterocycles. The van der Waals surface area contributed by atoms with E-state index in [4.69, 9.17) is 14.5 Å². The van der Waals surface area contributed by atoms with Crippen LogP contribution in [-0.2, 0) is 11.3 Å². The number of hydrogen-bond acceptors (Lipinski definition) is 4. The first-order valence-electron chi connectivity index (χ1n) is 10.5. The van der Waals surface area contributed by atoms with E-state index in [-0.39, 0.29) is 5.82 Å². The zero-order chi connectivity index (χ0) is 21.2. The lowest BCUT2D eigenvalue weighted by molar-refractivity contribution is 0.0732. The summed E-state index contributed by atoms with van der Waals surface area (Å²) in [6, 6.07) is 9.64. The molecule has 30 heavy (non-hydrogen) atoms. The van der Waals surface area contributed by atoms with Crippen LogP contribution in [0.25, 0.3) is 0 Å². The van der Waals surface area contributed by atoms with Crippen molar-refractivity contribution in [2.24, 2.45) is 10.4 Å². The van der Waals surface area contributed by atoms with Gasteiger partial charge in [-0.3, -0.25) is 0 Å². The Morgan fingerprint density at radius 3 is 2.67 bits per heavy atom. The first-order valence-corrected chi connectivity index (χ1v) is 10.5. The predicted octanol–water partition coefficient (Wildman–Crippen LogP) is 4.27. The van der Waals surface area contributed by atoms with Gasteiger partial charge >= 0.3 is 0 Å². The molecule has 0 bridgehead atoms. The number of pyridine rings is 1. The predicted molar refractivity (Wildman–Crippen MR) is 116 cm³/mol. The quantitative estimate of drug-likeness (QED) is 0.449. The molecular formula is C23H31FN4O2. The lowest BCUT2D eigenvalue weighted by Crippen LogP contribution is -2.46. The highest BCUT2D eigenvalue weighted by Gasteiger charge is 2.36. The molecule has 1 aromatic carbocycles. The van der Waals surface area contributed by atoms with Crippen molar-refractivity contribution in [2.45, 2.75) is 39.2 Å². The number of guanidine groups is 1. The Labute approximate surface area is 177 Å². The van der Waals surface area contributed by atoms with Crippen molar-refractivity contribution >= 4 is 5.96 Å². The number of nitrogens with one attached hydrogen (secondary N) is 2. The average molecular weight is 415 g/mol.